The third-order valence-electron chi connectivity index (χ3n) is 0.800. The average molecular weight is 224 g/mol. The van der Waals surface area contributed by atoms with Gasteiger partial charge in [0, 0.05) is 6.08 Å². The number of aliphatic hydroxyl groups is 1. The first-order valence-corrected chi connectivity index (χ1v) is 3.74. The second-order valence-electron chi connectivity index (χ2n) is 2.21. The number of ether oxygens (including phenoxy) is 1. The van der Waals surface area contributed by atoms with E-state index in [1.54, 1.807) is 0 Å². The predicted molar refractivity (Wildman–Crippen MR) is 48.0 cm³/mol. The van der Waals surface area contributed by atoms with Crippen LogP contribution in [0.1, 0.15) is 6.92 Å². The molecule has 80 valence electrons. The Morgan fingerprint density at radius 3 is 2.07 bits per heavy atom. The Kier molecular flexibility index (Phi) is 17.7. The fraction of sp³-hybridized carbons (Fsp3) is 0.333. The SMILES string of the molecule is C=CC(=O)OCC(C)O.C=CC(=O)[O-].[Na+]. The van der Waals surface area contributed by atoms with E-state index in [1.165, 1.54) is 6.92 Å². The molecule has 0 saturated heterocycles. The second-order valence-corrected chi connectivity index (χ2v) is 2.21. The van der Waals surface area contributed by atoms with Gasteiger partial charge in [0.1, 0.15) is 6.61 Å². The standard InChI is InChI=1S/C6H10O3.C3H4O2.Na/c1-3-6(8)9-4-5(2)7;1-2-3(4)5;/h3,5,7H,1,4H2,2H3;2H,1H2,(H,4,5);/q;;+1/p-1. The summed E-state index contributed by atoms with van der Waals surface area (Å²) in [6, 6.07) is 0. The molecule has 0 rings (SSSR count). The molecular weight excluding hydrogens is 211 g/mol. The zero-order valence-corrected chi connectivity index (χ0v) is 10.9. The van der Waals surface area contributed by atoms with Gasteiger partial charge in [-0.05, 0) is 13.0 Å². The van der Waals surface area contributed by atoms with Gasteiger partial charge < -0.3 is 19.7 Å². The van der Waals surface area contributed by atoms with Gasteiger partial charge in [-0.3, -0.25) is 0 Å². The average Bonchev–Trinajstić information content (AvgIpc) is 2.14. The predicted octanol–water partition coefficient (Wildman–Crippen LogP) is -3.98. The van der Waals surface area contributed by atoms with Gasteiger partial charge in [0.25, 0.3) is 0 Å². The minimum absolute atomic E-state index is 0. The topological polar surface area (TPSA) is 86.7 Å². The molecule has 0 saturated carbocycles. The summed E-state index contributed by atoms with van der Waals surface area (Å²) in [6.45, 7) is 7.65. The number of hydrogen-bond donors (Lipinski definition) is 1. The Morgan fingerprint density at radius 2 is 1.87 bits per heavy atom. The van der Waals surface area contributed by atoms with Gasteiger partial charge in [-0.2, -0.15) is 0 Å². The summed E-state index contributed by atoms with van der Waals surface area (Å²) < 4.78 is 4.45. The summed E-state index contributed by atoms with van der Waals surface area (Å²) >= 11 is 0. The molecule has 1 unspecified atom stereocenters. The Hall–Kier alpha value is -0.620. The fourth-order valence-electron chi connectivity index (χ4n) is 0.262. The summed E-state index contributed by atoms with van der Waals surface area (Å²) in [5.74, 6) is -1.74. The van der Waals surface area contributed by atoms with E-state index < -0.39 is 18.0 Å². The van der Waals surface area contributed by atoms with Crippen molar-refractivity contribution in [2.75, 3.05) is 6.61 Å². The number of esters is 1. The van der Waals surface area contributed by atoms with E-state index in [0.717, 1.165) is 12.2 Å². The molecule has 0 bridgehead atoms. The molecule has 1 atom stereocenters. The molecule has 0 fully saturated rings. The van der Waals surface area contributed by atoms with E-state index >= 15 is 0 Å². The van der Waals surface area contributed by atoms with Crippen LogP contribution in [0.3, 0.4) is 0 Å². The van der Waals surface area contributed by atoms with Crippen LogP contribution in [-0.2, 0) is 14.3 Å². The molecule has 0 aliphatic carbocycles. The smallest absolute Gasteiger partial charge is 0.545 e. The summed E-state index contributed by atoms with van der Waals surface area (Å²) in [6.07, 6.45) is 1.18. The molecule has 6 heteroatoms. The van der Waals surface area contributed by atoms with Crippen LogP contribution in [-0.4, -0.2) is 29.8 Å². The van der Waals surface area contributed by atoms with E-state index in [2.05, 4.69) is 17.9 Å². The minimum atomic E-state index is -1.23. The molecule has 0 spiro atoms. The maximum Gasteiger partial charge on any atom is 1.00 e. The van der Waals surface area contributed by atoms with E-state index in [1.807, 2.05) is 0 Å². The molecule has 0 aliphatic heterocycles. The van der Waals surface area contributed by atoms with Gasteiger partial charge in [0.2, 0.25) is 0 Å². The van der Waals surface area contributed by atoms with Crippen molar-refractivity contribution in [2.24, 2.45) is 0 Å². The Labute approximate surface area is 111 Å². The number of carbonyl (C=O) groups is 2. The number of rotatable bonds is 4. The first-order valence-electron chi connectivity index (χ1n) is 3.74. The minimum Gasteiger partial charge on any atom is -0.545 e. The van der Waals surface area contributed by atoms with Crippen LogP contribution < -0.4 is 34.7 Å². The van der Waals surface area contributed by atoms with Crippen LogP contribution in [0.2, 0.25) is 0 Å². The molecule has 0 radical (unpaired) electrons. The molecule has 5 nitrogen and oxygen atoms in total. The number of carboxylic acid groups (broad SMARTS) is 1. The number of carboxylic acids is 1. The first kappa shape index (κ1) is 19.9. The summed E-state index contributed by atoms with van der Waals surface area (Å²) in [5, 5.41) is 17.7. The van der Waals surface area contributed by atoms with E-state index in [-0.39, 0.29) is 36.2 Å². The molecular formula is C9H13NaO5. The molecule has 0 aromatic carbocycles. The van der Waals surface area contributed by atoms with Crippen LogP contribution >= 0.6 is 0 Å². The van der Waals surface area contributed by atoms with Crippen molar-refractivity contribution in [3.8, 4) is 0 Å². The Bertz CT molecular complexity index is 213. The van der Waals surface area contributed by atoms with Gasteiger partial charge in [-0.1, -0.05) is 13.2 Å². The van der Waals surface area contributed by atoms with Gasteiger partial charge in [-0.25, -0.2) is 4.79 Å². The third kappa shape index (κ3) is 24.7. The van der Waals surface area contributed by atoms with Crippen molar-refractivity contribution in [1.29, 1.82) is 0 Å². The molecule has 1 N–H and O–H groups in total. The first-order chi connectivity index (χ1) is 6.43. The van der Waals surface area contributed by atoms with Gasteiger partial charge in [-0.15, -0.1) is 0 Å². The normalized spacial score (nSPS) is 9.47. The van der Waals surface area contributed by atoms with Crippen LogP contribution in [0.15, 0.2) is 25.3 Å². The van der Waals surface area contributed by atoms with Crippen LogP contribution in [0.4, 0.5) is 0 Å². The Balaban J connectivity index is -0.000000208. The van der Waals surface area contributed by atoms with Crippen LogP contribution in [0.5, 0.6) is 0 Å². The molecule has 15 heavy (non-hydrogen) atoms. The Morgan fingerprint density at radius 1 is 1.47 bits per heavy atom. The summed E-state index contributed by atoms with van der Waals surface area (Å²) in [5.41, 5.74) is 0. The molecule has 0 aromatic rings. The summed E-state index contributed by atoms with van der Waals surface area (Å²) in [4.78, 5) is 19.4. The maximum absolute atomic E-state index is 10.3. The third-order valence-corrected chi connectivity index (χ3v) is 0.800. The number of hydrogen-bond acceptors (Lipinski definition) is 5. The molecule has 0 amide bonds. The van der Waals surface area contributed by atoms with Gasteiger partial charge >= 0.3 is 35.5 Å². The van der Waals surface area contributed by atoms with E-state index in [9.17, 15) is 4.79 Å². The zero-order valence-electron chi connectivity index (χ0n) is 8.93. The second kappa shape index (κ2) is 13.4. The van der Waals surface area contributed by atoms with E-state index in [4.69, 9.17) is 15.0 Å². The number of aliphatic carboxylic acids is 1. The van der Waals surface area contributed by atoms with Gasteiger partial charge in [0.05, 0.1) is 12.1 Å². The summed E-state index contributed by atoms with van der Waals surface area (Å²) in [7, 11) is 0. The molecule has 0 heterocycles. The van der Waals surface area contributed by atoms with Crippen LogP contribution in [0.25, 0.3) is 0 Å². The van der Waals surface area contributed by atoms with Crippen molar-refractivity contribution in [2.45, 2.75) is 13.0 Å². The molecule has 0 aromatic heterocycles. The van der Waals surface area contributed by atoms with Crippen molar-refractivity contribution < 1.29 is 54.1 Å². The largest absolute Gasteiger partial charge is 1.00 e. The van der Waals surface area contributed by atoms with Crippen molar-refractivity contribution in [3.05, 3.63) is 25.3 Å². The van der Waals surface area contributed by atoms with Crippen molar-refractivity contribution >= 4 is 11.9 Å². The van der Waals surface area contributed by atoms with E-state index in [0.29, 0.717) is 0 Å². The number of carbonyl (C=O) groups excluding carboxylic acids is 2. The van der Waals surface area contributed by atoms with Crippen molar-refractivity contribution in [3.63, 3.8) is 0 Å². The maximum atomic E-state index is 10.3. The number of aliphatic hydroxyl groups excluding tert-OH is 1. The molecule has 0 aliphatic rings. The van der Waals surface area contributed by atoms with Crippen molar-refractivity contribution in [1.82, 2.24) is 0 Å². The van der Waals surface area contributed by atoms with Gasteiger partial charge in [0.15, 0.2) is 0 Å². The quantitative estimate of drug-likeness (QED) is 0.299. The zero-order chi connectivity index (χ0) is 11.6. The fourth-order valence-corrected chi connectivity index (χ4v) is 0.262. The van der Waals surface area contributed by atoms with Crippen LogP contribution in [0, 0.1) is 0 Å². The monoisotopic (exact) mass is 224 g/mol.